The summed E-state index contributed by atoms with van der Waals surface area (Å²) in [5.41, 5.74) is 5.87. The molecule has 1 atom stereocenters. The molecular weight excluding hydrogens is 171 g/mol. The third-order valence-electron chi connectivity index (χ3n) is 1.39. The molecule has 2 N–H and O–H groups in total. The Hall–Kier alpha value is -1.36. The highest BCUT2D eigenvalue weighted by molar-refractivity contribution is 5.78. The Labute approximate surface area is 75.7 Å². The molecule has 0 aromatic carbocycles. The van der Waals surface area contributed by atoms with E-state index in [1.54, 1.807) is 13.3 Å². The first-order valence-corrected chi connectivity index (χ1v) is 3.76. The Bertz CT molecular complexity index is 299. The molecule has 0 aliphatic heterocycles. The zero-order valence-corrected chi connectivity index (χ0v) is 7.53. The summed E-state index contributed by atoms with van der Waals surface area (Å²) in [6.07, 6.45) is 4.52. The van der Waals surface area contributed by atoms with Gasteiger partial charge in [-0.2, -0.15) is 0 Å². The summed E-state index contributed by atoms with van der Waals surface area (Å²) in [6.45, 7) is 1.20. The van der Waals surface area contributed by atoms with Gasteiger partial charge in [0, 0.05) is 31.2 Å². The van der Waals surface area contributed by atoms with Crippen molar-refractivity contribution in [2.45, 2.75) is 12.7 Å². The Balaban J connectivity index is 2.94. The van der Waals surface area contributed by atoms with E-state index in [2.05, 4.69) is 15.0 Å². The van der Waals surface area contributed by atoms with Gasteiger partial charge in [-0.15, -0.1) is 0 Å². The standard InChI is InChI=1S/C8H11FN4/c1-8(9,10)7-12-4-6(3-11-2)5-13-7/h3-5H,10H2,1-2H3. The molecule has 0 bridgehead atoms. The molecule has 0 aliphatic rings. The lowest BCUT2D eigenvalue weighted by Crippen LogP contribution is -2.29. The van der Waals surface area contributed by atoms with Gasteiger partial charge in [0.2, 0.25) is 5.79 Å². The molecule has 0 spiro atoms. The summed E-state index contributed by atoms with van der Waals surface area (Å²) in [7, 11) is 1.64. The maximum Gasteiger partial charge on any atom is 0.216 e. The number of aliphatic imine (C=N–C) groups is 1. The highest BCUT2D eigenvalue weighted by atomic mass is 19.1. The monoisotopic (exact) mass is 182 g/mol. The van der Waals surface area contributed by atoms with Crippen molar-refractivity contribution < 1.29 is 4.39 Å². The molecule has 13 heavy (non-hydrogen) atoms. The zero-order chi connectivity index (χ0) is 9.90. The Morgan fingerprint density at radius 3 is 2.46 bits per heavy atom. The van der Waals surface area contributed by atoms with Gasteiger partial charge in [-0.05, 0) is 6.92 Å². The second-order valence-corrected chi connectivity index (χ2v) is 2.80. The predicted octanol–water partition coefficient (Wildman–Crippen LogP) is 0.626. The summed E-state index contributed by atoms with van der Waals surface area (Å²) in [5, 5.41) is 0. The Morgan fingerprint density at radius 2 is 2.08 bits per heavy atom. The van der Waals surface area contributed by atoms with Gasteiger partial charge < -0.3 is 0 Å². The minimum atomic E-state index is -1.98. The van der Waals surface area contributed by atoms with E-state index in [9.17, 15) is 4.39 Å². The van der Waals surface area contributed by atoms with Gasteiger partial charge in [0.05, 0.1) is 0 Å². The van der Waals surface area contributed by atoms with Crippen LogP contribution in [0.3, 0.4) is 0 Å². The van der Waals surface area contributed by atoms with Crippen LogP contribution in [0.5, 0.6) is 0 Å². The van der Waals surface area contributed by atoms with E-state index >= 15 is 0 Å². The van der Waals surface area contributed by atoms with E-state index in [4.69, 9.17) is 5.73 Å². The predicted molar refractivity (Wildman–Crippen MR) is 48.2 cm³/mol. The van der Waals surface area contributed by atoms with Gasteiger partial charge in [0.1, 0.15) is 0 Å². The SMILES string of the molecule is CN=Cc1cnc(C(C)(N)F)nc1. The Morgan fingerprint density at radius 1 is 1.54 bits per heavy atom. The second kappa shape index (κ2) is 3.57. The molecule has 5 heteroatoms. The highest BCUT2D eigenvalue weighted by Crippen LogP contribution is 2.12. The quantitative estimate of drug-likeness (QED) is 0.538. The molecule has 70 valence electrons. The first-order chi connectivity index (χ1) is 6.04. The van der Waals surface area contributed by atoms with E-state index in [1.807, 2.05) is 0 Å². The smallest absolute Gasteiger partial charge is 0.216 e. The average Bonchev–Trinajstić information content (AvgIpc) is 2.04. The van der Waals surface area contributed by atoms with Crippen molar-refractivity contribution in [1.29, 1.82) is 0 Å². The van der Waals surface area contributed by atoms with Crippen molar-refractivity contribution in [2.24, 2.45) is 10.7 Å². The van der Waals surface area contributed by atoms with E-state index in [-0.39, 0.29) is 5.82 Å². The fourth-order valence-corrected chi connectivity index (χ4v) is 0.806. The van der Waals surface area contributed by atoms with Crippen LogP contribution < -0.4 is 5.73 Å². The van der Waals surface area contributed by atoms with Crippen molar-refractivity contribution in [3.8, 4) is 0 Å². The van der Waals surface area contributed by atoms with Crippen LogP contribution in [0.2, 0.25) is 0 Å². The summed E-state index contributed by atoms with van der Waals surface area (Å²) >= 11 is 0. The summed E-state index contributed by atoms with van der Waals surface area (Å²) in [4.78, 5) is 11.3. The van der Waals surface area contributed by atoms with E-state index < -0.39 is 5.79 Å². The first-order valence-electron chi connectivity index (χ1n) is 3.76. The molecule has 0 amide bonds. The molecule has 0 fully saturated rings. The lowest BCUT2D eigenvalue weighted by molar-refractivity contribution is 0.188. The van der Waals surface area contributed by atoms with Crippen LogP contribution in [0.1, 0.15) is 18.3 Å². The van der Waals surface area contributed by atoms with Crippen LogP contribution in [0.15, 0.2) is 17.4 Å². The number of hydrogen-bond donors (Lipinski definition) is 1. The number of alkyl halides is 1. The fourth-order valence-electron chi connectivity index (χ4n) is 0.806. The van der Waals surface area contributed by atoms with Gasteiger partial charge in [-0.3, -0.25) is 10.7 Å². The number of hydrogen-bond acceptors (Lipinski definition) is 4. The van der Waals surface area contributed by atoms with Gasteiger partial charge in [0.15, 0.2) is 5.82 Å². The van der Waals surface area contributed by atoms with Crippen molar-refractivity contribution in [1.82, 2.24) is 9.97 Å². The minimum Gasteiger partial charge on any atom is -0.296 e. The maximum atomic E-state index is 13.1. The van der Waals surface area contributed by atoms with Crippen molar-refractivity contribution >= 4 is 6.21 Å². The average molecular weight is 182 g/mol. The van der Waals surface area contributed by atoms with Crippen LogP contribution in [0, 0.1) is 0 Å². The maximum absolute atomic E-state index is 13.1. The van der Waals surface area contributed by atoms with Crippen LogP contribution in [-0.4, -0.2) is 23.2 Å². The number of halogens is 1. The van der Waals surface area contributed by atoms with Crippen LogP contribution in [-0.2, 0) is 5.79 Å². The largest absolute Gasteiger partial charge is 0.296 e. The molecule has 0 aliphatic carbocycles. The highest BCUT2D eigenvalue weighted by Gasteiger charge is 2.22. The van der Waals surface area contributed by atoms with E-state index in [1.165, 1.54) is 19.3 Å². The first kappa shape index (κ1) is 9.73. The lowest BCUT2D eigenvalue weighted by Gasteiger charge is -2.11. The summed E-state index contributed by atoms with van der Waals surface area (Å²) in [5.74, 6) is -2.01. The zero-order valence-electron chi connectivity index (χ0n) is 7.53. The number of aromatic nitrogens is 2. The Kier molecular flexibility index (Phi) is 2.67. The summed E-state index contributed by atoms with van der Waals surface area (Å²) in [6, 6.07) is 0. The molecule has 0 radical (unpaired) electrons. The van der Waals surface area contributed by atoms with E-state index in [0.717, 1.165) is 5.56 Å². The van der Waals surface area contributed by atoms with Crippen molar-refractivity contribution in [2.75, 3.05) is 7.05 Å². The number of nitrogens with two attached hydrogens (primary N) is 1. The molecule has 1 aromatic heterocycles. The van der Waals surface area contributed by atoms with Gasteiger partial charge in [-0.1, -0.05) is 0 Å². The third-order valence-corrected chi connectivity index (χ3v) is 1.39. The van der Waals surface area contributed by atoms with Gasteiger partial charge >= 0.3 is 0 Å². The molecule has 0 saturated heterocycles. The molecule has 0 saturated carbocycles. The molecule has 1 aromatic rings. The van der Waals surface area contributed by atoms with Crippen LogP contribution in [0.25, 0.3) is 0 Å². The number of nitrogens with zero attached hydrogens (tertiary/aromatic N) is 3. The third kappa shape index (κ3) is 2.55. The van der Waals surface area contributed by atoms with E-state index in [0.29, 0.717) is 0 Å². The van der Waals surface area contributed by atoms with Crippen molar-refractivity contribution in [3.63, 3.8) is 0 Å². The van der Waals surface area contributed by atoms with Crippen LogP contribution >= 0.6 is 0 Å². The molecule has 4 nitrogen and oxygen atoms in total. The second-order valence-electron chi connectivity index (χ2n) is 2.80. The minimum absolute atomic E-state index is 0.0271. The fraction of sp³-hybridized carbons (Fsp3) is 0.375. The topological polar surface area (TPSA) is 64.2 Å². The molecule has 1 rings (SSSR count). The summed E-state index contributed by atoms with van der Waals surface area (Å²) < 4.78 is 13.1. The number of rotatable bonds is 2. The van der Waals surface area contributed by atoms with Gasteiger partial charge in [0.25, 0.3) is 0 Å². The van der Waals surface area contributed by atoms with Gasteiger partial charge in [-0.25, -0.2) is 14.4 Å². The lowest BCUT2D eigenvalue weighted by atomic mass is 10.3. The molecular formula is C8H11FN4. The molecule has 1 unspecified atom stereocenters. The van der Waals surface area contributed by atoms with Crippen molar-refractivity contribution in [3.05, 3.63) is 23.8 Å². The molecule has 1 heterocycles. The van der Waals surface area contributed by atoms with Crippen LogP contribution in [0.4, 0.5) is 4.39 Å². The normalized spacial score (nSPS) is 16.0.